The van der Waals surface area contributed by atoms with Gasteiger partial charge in [-0.2, -0.15) is 0 Å². The van der Waals surface area contributed by atoms with E-state index in [9.17, 15) is 9.59 Å². The molecule has 5 nitrogen and oxygen atoms in total. The number of carbonyl (C=O) groups excluding carboxylic acids is 2. The zero-order valence-corrected chi connectivity index (χ0v) is 16.8. The Hall–Kier alpha value is -2.04. The topological polar surface area (TPSA) is 58.6 Å². The van der Waals surface area contributed by atoms with Crippen molar-refractivity contribution in [3.8, 4) is 5.75 Å². The Labute approximate surface area is 162 Å². The molecular formula is C22H32N2O3. The van der Waals surface area contributed by atoms with Gasteiger partial charge in [-0.15, -0.1) is 0 Å². The lowest BCUT2D eigenvalue weighted by Crippen LogP contribution is -2.47. The van der Waals surface area contributed by atoms with Gasteiger partial charge in [-0.25, -0.2) is 0 Å². The van der Waals surface area contributed by atoms with Crippen LogP contribution in [0.1, 0.15) is 59.3 Å². The summed E-state index contributed by atoms with van der Waals surface area (Å²) in [5.41, 5.74) is 0.347. The van der Waals surface area contributed by atoms with Gasteiger partial charge in [0.05, 0.1) is 12.0 Å². The van der Waals surface area contributed by atoms with Crippen LogP contribution in [0.5, 0.6) is 5.75 Å². The lowest BCUT2D eigenvalue weighted by Gasteiger charge is -2.35. The molecule has 2 aliphatic rings. The predicted octanol–water partition coefficient (Wildman–Crippen LogP) is 4.23. The molecule has 1 unspecified atom stereocenters. The van der Waals surface area contributed by atoms with E-state index in [2.05, 4.69) is 5.32 Å². The van der Waals surface area contributed by atoms with Gasteiger partial charge in [0, 0.05) is 30.3 Å². The summed E-state index contributed by atoms with van der Waals surface area (Å²) in [7, 11) is 0. The molecule has 1 aromatic rings. The number of hydrogen-bond acceptors (Lipinski definition) is 3. The van der Waals surface area contributed by atoms with E-state index in [-0.39, 0.29) is 17.7 Å². The Balaban J connectivity index is 1.58. The molecule has 2 amide bonds. The molecule has 0 spiro atoms. The molecule has 1 saturated heterocycles. The van der Waals surface area contributed by atoms with Crippen molar-refractivity contribution in [2.24, 2.45) is 11.3 Å². The largest absolute Gasteiger partial charge is 0.490 e. The van der Waals surface area contributed by atoms with Crippen molar-refractivity contribution < 1.29 is 14.3 Å². The van der Waals surface area contributed by atoms with Crippen LogP contribution in [0.3, 0.4) is 0 Å². The molecule has 0 aromatic heterocycles. The highest BCUT2D eigenvalue weighted by atomic mass is 16.5. The highest BCUT2D eigenvalue weighted by molar-refractivity contribution is 5.93. The fourth-order valence-electron chi connectivity index (χ4n) is 3.94. The van der Waals surface area contributed by atoms with Crippen LogP contribution in [0.4, 0.5) is 5.69 Å². The third-order valence-electron chi connectivity index (χ3n) is 5.43. The molecular weight excluding hydrogens is 340 g/mol. The number of piperidine rings is 1. The van der Waals surface area contributed by atoms with Gasteiger partial charge in [0.25, 0.3) is 0 Å². The van der Waals surface area contributed by atoms with Gasteiger partial charge in [0.1, 0.15) is 5.75 Å². The fraction of sp³-hybridized carbons (Fsp3) is 0.636. The average molecular weight is 373 g/mol. The number of amides is 2. The van der Waals surface area contributed by atoms with E-state index in [4.69, 9.17) is 4.74 Å². The molecule has 2 fully saturated rings. The Bertz CT molecular complexity index is 674. The predicted molar refractivity (Wildman–Crippen MR) is 107 cm³/mol. The Morgan fingerprint density at radius 2 is 1.85 bits per heavy atom. The summed E-state index contributed by atoms with van der Waals surface area (Å²) in [5, 5.41) is 3.02. The summed E-state index contributed by atoms with van der Waals surface area (Å²) in [5.74, 6) is 0.753. The van der Waals surface area contributed by atoms with E-state index in [1.54, 1.807) is 0 Å². The summed E-state index contributed by atoms with van der Waals surface area (Å²) < 4.78 is 6.02. The molecule has 1 atom stereocenters. The van der Waals surface area contributed by atoms with Gasteiger partial charge in [-0.1, -0.05) is 26.8 Å². The number of rotatable bonds is 4. The van der Waals surface area contributed by atoms with Crippen LogP contribution < -0.4 is 10.1 Å². The first-order valence-electron chi connectivity index (χ1n) is 10.2. The highest BCUT2D eigenvalue weighted by Gasteiger charge is 2.33. The molecule has 148 valence electrons. The van der Waals surface area contributed by atoms with Crippen molar-refractivity contribution in [3.05, 3.63) is 24.3 Å². The molecule has 5 heteroatoms. The van der Waals surface area contributed by atoms with E-state index in [1.165, 1.54) is 12.8 Å². The van der Waals surface area contributed by atoms with E-state index < -0.39 is 5.41 Å². The minimum Gasteiger partial charge on any atom is -0.490 e. The lowest BCUT2D eigenvalue weighted by molar-refractivity contribution is -0.142. The number of carbonyl (C=O) groups is 2. The zero-order valence-electron chi connectivity index (χ0n) is 16.8. The second-order valence-corrected chi connectivity index (χ2v) is 8.88. The molecule has 27 heavy (non-hydrogen) atoms. The first-order valence-corrected chi connectivity index (χ1v) is 10.2. The van der Waals surface area contributed by atoms with E-state index >= 15 is 0 Å². The van der Waals surface area contributed by atoms with Crippen molar-refractivity contribution >= 4 is 17.5 Å². The maximum absolute atomic E-state index is 12.8. The Morgan fingerprint density at radius 3 is 2.56 bits per heavy atom. The molecule has 1 N–H and O–H groups in total. The average Bonchev–Trinajstić information content (AvgIpc) is 3.13. The highest BCUT2D eigenvalue weighted by Crippen LogP contribution is 2.27. The number of benzene rings is 1. The second-order valence-electron chi connectivity index (χ2n) is 8.88. The quantitative estimate of drug-likeness (QED) is 0.860. The Morgan fingerprint density at radius 1 is 1.11 bits per heavy atom. The SMILES string of the molecule is CC(C)(C)C(=O)N1CCCC(C(=O)Nc2cccc(OC3CCCC3)c2)C1. The van der Waals surface area contributed by atoms with Gasteiger partial charge in [-0.05, 0) is 50.7 Å². The standard InChI is InChI=1S/C22H32N2O3/c1-22(2,3)21(26)24-13-7-8-16(15-24)20(25)23-17-9-6-12-19(14-17)27-18-10-4-5-11-18/h6,9,12,14,16,18H,4-5,7-8,10-11,13,15H2,1-3H3,(H,23,25). The van der Waals surface area contributed by atoms with E-state index in [1.807, 2.05) is 49.9 Å². The van der Waals surface area contributed by atoms with Crippen molar-refractivity contribution in [2.75, 3.05) is 18.4 Å². The summed E-state index contributed by atoms with van der Waals surface area (Å²) in [6.45, 7) is 7.02. The summed E-state index contributed by atoms with van der Waals surface area (Å²) >= 11 is 0. The number of likely N-dealkylation sites (tertiary alicyclic amines) is 1. The normalized spacial score (nSPS) is 21.1. The molecule has 1 aliphatic heterocycles. The number of hydrogen-bond donors (Lipinski definition) is 1. The minimum atomic E-state index is -0.412. The minimum absolute atomic E-state index is 0.0144. The van der Waals surface area contributed by atoms with E-state index in [0.29, 0.717) is 12.6 Å². The lowest BCUT2D eigenvalue weighted by atomic mass is 9.91. The smallest absolute Gasteiger partial charge is 0.229 e. The molecule has 0 bridgehead atoms. The van der Waals surface area contributed by atoms with Crippen LogP contribution in [0.15, 0.2) is 24.3 Å². The van der Waals surface area contributed by atoms with Gasteiger partial charge in [0.15, 0.2) is 0 Å². The van der Waals surface area contributed by atoms with Crippen molar-refractivity contribution in [1.29, 1.82) is 0 Å². The van der Waals surface area contributed by atoms with Crippen LogP contribution in [-0.4, -0.2) is 35.9 Å². The van der Waals surface area contributed by atoms with Crippen LogP contribution in [0, 0.1) is 11.3 Å². The first-order chi connectivity index (χ1) is 12.8. The monoisotopic (exact) mass is 372 g/mol. The number of anilines is 1. The number of nitrogens with zero attached hydrogens (tertiary/aromatic N) is 1. The molecule has 0 radical (unpaired) electrons. The number of ether oxygens (including phenoxy) is 1. The third kappa shape index (κ3) is 5.24. The first kappa shape index (κ1) is 19.7. The van der Waals surface area contributed by atoms with Gasteiger partial charge < -0.3 is 15.0 Å². The maximum Gasteiger partial charge on any atom is 0.229 e. The summed E-state index contributed by atoms with van der Waals surface area (Å²) in [4.78, 5) is 27.1. The molecule has 3 rings (SSSR count). The zero-order chi connectivity index (χ0) is 19.4. The second kappa shape index (κ2) is 8.32. The van der Waals surface area contributed by atoms with Crippen LogP contribution in [0.25, 0.3) is 0 Å². The van der Waals surface area contributed by atoms with Gasteiger partial charge in [-0.3, -0.25) is 9.59 Å². The molecule has 1 saturated carbocycles. The van der Waals surface area contributed by atoms with Crippen molar-refractivity contribution in [3.63, 3.8) is 0 Å². The van der Waals surface area contributed by atoms with Crippen LogP contribution in [0.2, 0.25) is 0 Å². The van der Waals surface area contributed by atoms with Gasteiger partial charge >= 0.3 is 0 Å². The summed E-state index contributed by atoms with van der Waals surface area (Å²) in [6, 6.07) is 7.64. The Kier molecular flexibility index (Phi) is 6.08. The van der Waals surface area contributed by atoms with Crippen molar-refractivity contribution in [2.45, 2.75) is 65.4 Å². The van der Waals surface area contributed by atoms with Crippen LogP contribution in [-0.2, 0) is 9.59 Å². The molecule has 1 aliphatic carbocycles. The molecule has 1 aromatic carbocycles. The maximum atomic E-state index is 12.8. The van der Waals surface area contributed by atoms with E-state index in [0.717, 1.165) is 43.7 Å². The number of nitrogens with one attached hydrogen (secondary N) is 1. The fourth-order valence-corrected chi connectivity index (χ4v) is 3.94. The summed E-state index contributed by atoms with van der Waals surface area (Å²) in [6.07, 6.45) is 6.65. The van der Waals surface area contributed by atoms with Gasteiger partial charge in [0.2, 0.25) is 11.8 Å². The van der Waals surface area contributed by atoms with Crippen molar-refractivity contribution in [1.82, 2.24) is 4.90 Å². The van der Waals surface area contributed by atoms with Crippen LogP contribution >= 0.6 is 0 Å². The third-order valence-corrected chi connectivity index (χ3v) is 5.43. The molecule has 1 heterocycles.